The van der Waals surface area contributed by atoms with Gasteiger partial charge in [-0.15, -0.1) is 5.10 Å². The molecule has 0 unspecified atom stereocenters. The Hall–Kier alpha value is -1.45. The highest BCUT2D eigenvalue weighted by Gasteiger charge is 2.06. The molecule has 0 saturated carbocycles. The predicted octanol–water partition coefficient (Wildman–Crippen LogP) is 3.07. The van der Waals surface area contributed by atoms with E-state index in [1.165, 1.54) is 0 Å². The fourth-order valence-corrected chi connectivity index (χ4v) is 1.13. The summed E-state index contributed by atoms with van der Waals surface area (Å²) in [5.41, 5.74) is 1.71. The molecule has 0 aliphatic heterocycles. The molecular weight excluding hydrogens is 200 g/mol. The third-order valence-corrected chi connectivity index (χ3v) is 1.72. The third-order valence-electron chi connectivity index (χ3n) is 1.72. The van der Waals surface area contributed by atoms with Gasteiger partial charge in [-0.25, -0.2) is 9.67 Å². The Bertz CT molecular complexity index is 429. The second kappa shape index (κ2) is 5.58. The Morgan fingerprint density at radius 2 is 1.75 bits per heavy atom. The summed E-state index contributed by atoms with van der Waals surface area (Å²) in [6, 6.07) is 4.08. The molecule has 0 bridgehead atoms. The van der Waals surface area contributed by atoms with E-state index in [2.05, 4.69) is 49.9 Å². The molecule has 0 spiro atoms. The van der Waals surface area contributed by atoms with Crippen molar-refractivity contribution in [2.45, 2.75) is 40.7 Å². The van der Waals surface area contributed by atoms with E-state index in [0.29, 0.717) is 6.04 Å². The Balaban J connectivity index is 0.000000280. The molecule has 2 aromatic rings. The minimum atomic E-state index is 0.310. The van der Waals surface area contributed by atoms with Crippen molar-refractivity contribution in [1.29, 1.82) is 0 Å². The van der Waals surface area contributed by atoms with Crippen LogP contribution in [-0.4, -0.2) is 20.0 Å². The van der Waals surface area contributed by atoms with Crippen LogP contribution in [0.2, 0.25) is 0 Å². The van der Waals surface area contributed by atoms with Crippen molar-refractivity contribution in [3.8, 4) is 0 Å². The molecule has 88 valence electrons. The van der Waals surface area contributed by atoms with Crippen molar-refractivity contribution in [1.82, 2.24) is 20.0 Å². The van der Waals surface area contributed by atoms with E-state index < -0.39 is 0 Å². The van der Waals surface area contributed by atoms with Crippen LogP contribution in [0.4, 0.5) is 0 Å². The van der Waals surface area contributed by atoms with Crippen molar-refractivity contribution in [3.05, 3.63) is 18.3 Å². The molecular formula is C12H20N4. The van der Waals surface area contributed by atoms with Gasteiger partial charge < -0.3 is 0 Å². The van der Waals surface area contributed by atoms with E-state index in [-0.39, 0.29) is 0 Å². The molecule has 0 fully saturated rings. The van der Waals surface area contributed by atoms with Crippen LogP contribution in [0, 0.1) is 5.92 Å². The van der Waals surface area contributed by atoms with Crippen LogP contribution < -0.4 is 0 Å². The Labute approximate surface area is 96.7 Å². The highest BCUT2D eigenvalue weighted by atomic mass is 15.4. The molecule has 0 amide bonds. The molecule has 0 aliphatic rings. The molecule has 0 N–H and O–H groups in total. The van der Waals surface area contributed by atoms with Gasteiger partial charge in [-0.05, 0) is 31.9 Å². The number of fused-ring (bicyclic) bond motifs is 1. The molecule has 2 aromatic heterocycles. The fourth-order valence-electron chi connectivity index (χ4n) is 1.13. The molecule has 2 heterocycles. The number of hydrogen-bond donors (Lipinski definition) is 0. The largest absolute Gasteiger partial charge is 0.235 e. The number of nitrogens with zero attached hydrogens (tertiary/aromatic N) is 4. The lowest BCUT2D eigenvalue weighted by molar-refractivity contribution is 0.526. The number of hydrogen-bond acceptors (Lipinski definition) is 3. The fraction of sp³-hybridized carbons (Fsp3) is 0.583. The van der Waals surface area contributed by atoms with Crippen LogP contribution in [-0.2, 0) is 0 Å². The maximum atomic E-state index is 4.20. The van der Waals surface area contributed by atoms with E-state index in [1.54, 1.807) is 6.20 Å². The van der Waals surface area contributed by atoms with Crippen molar-refractivity contribution in [3.63, 3.8) is 0 Å². The first-order valence-corrected chi connectivity index (χ1v) is 5.68. The lowest BCUT2D eigenvalue weighted by atomic mass is 10.3. The standard InChI is InChI=1S/C8H10N4.C4H10/c1-6(2)12-8-7(10-11-12)4-3-5-9-8;1-4(2)3/h3-6H,1-2H3;4H,1-3H3. The molecule has 0 saturated heterocycles. The number of aromatic nitrogens is 4. The third kappa shape index (κ3) is 3.29. The molecule has 4 nitrogen and oxygen atoms in total. The lowest BCUT2D eigenvalue weighted by Gasteiger charge is -2.02. The summed E-state index contributed by atoms with van der Waals surface area (Å²) >= 11 is 0. The Morgan fingerprint density at radius 3 is 2.31 bits per heavy atom. The highest BCUT2D eigenvalue weighted by molar-refractivity contribution is 5.68. The van der Waals surface area contributed by atoms with Gasteiger partial charge >= 0.3 is 0 Å². The van der Waals surface area contributed by atoms with E-state index >= 15 is 0 Å². The summed E-state index contributed by atoms with van der Waals surface area (Å²) < 4.78 is 1.81. The maximum Gasteiger partial charge on any atom is 0.178 e. The maximum absolute atomic E-state index is 4.20. The van der Waals surface area contributed by atoms with Gasteiger partial charge in [0.25, 0.3) is 0 Å². The van der Waals surface area contributed by atoms with Crippen LogP contribution in [0.5, 0.6) is 0 Å². The second-order valence-electron chi connectivity index (χ2n) is 4.71. The van der Waals surface area contributed by atoms with Crippen LogP contribution in [0.25, 0.3) is 11.2 Å². The van der Waals surface area contributed by atoms with Crippen LogP contribution in [0.15, 0.2) is 18.3 Å². The van der Waals surface area contributed by atoms with Gasteiger partial charge in [0.15, 0.2) is 5.65 Å². The van der Waals surface area contributed by atoms with Gasteiger partial charge in [0.1, 0.15) is 5.52 Å². The molecule has 2 rings (SSSR count). The van der Waals surface area contributed by atoms with Crippen molar-refractivity contribution in [2.75, 3.05) is 0 Å². The predicted molar refractivity (Wildman–Crippen MR) is 66.2 cm³/mol. The molecule has 16 heavy (non-hydrogen) atoms. The Kier molecular flexibility index (Phi) is 4.40. The first-order valence-electron chi connectivity index (χ1n) is 5.68. The number of pyridine rings is 1. The molecule has 0 atom stereocenters. The van der Waals surface area contributed by atoms with Gasteiger partial charge in [-0.3, -0.25) is 0 Å². The zero-order valence-electron chi connectivity index (χ0n) is 10.7. The van der Waals surface area contributed by atoms with Crippen molar-refractivity contribution < 1.29 is 0 Å². The summed E-state index contributed by atoms with van der Waals surface area (Å²) in [6.07, 6.45) is 1.75. The van der Waals surface area contributed by atoms with Crippen molar-refractivity contribution >= 4 is 11.2 Å². The minimum Gasteiger partial charge on any atom is -0.235 e. The summed E-state index contributed by atoms with van der Waals surface area (Å²) in [7, 11) is 0. The summed E-state index contributed by atoms with van der Waals surface area (Å²) in [6.45, 7) is 10.6. The monoisotopic (exact) mass is 220 g/mol. The van der Waals surface area contributed by atoms with Crippen molar-refractivity contribution in [2.24, 2.45) is 5.92 Å². The SMILES string of the molecule is CC(C)C.CC(C)n1nnc2cccnc21. The van der Waals surface area contributed by atoms with Crippen LogP contribution >= 0.6 is 0 Å². The van der Waals surface area contributed by atoms with Gasteiger partial charge in [0.05, 0.1) is 6.04 Å². The summed E-state index contributed by atoms with van der Waals surface area (Å²) in [4.78, 5) is 4.20. The molecule has 4 heteroatoms. The van der Waals surface area contributed by atoms with E-state index in [0.717, 1.165) is 17.1 Å². The molecule has 0 aromatic carbocycles. The second-order valence-corrected chi connectivity index (χ2v) is 4.71. The number of rotatable bonds is 1. The Morgan fingerprint density at radius 1 is 1.12 bits per heavy atom. The minimum absolute atomic E-state index is 0.310. The van der Waals surface area contributed by atoms with Gasteiger partial charge in [-0.2, -0.15) is 0 Å². The van der Waals surface area contributed by atoms with Crippen LogP contribution in [0.3, 0.4) is 0 Å². The molecule has 0 aliphatic carbocycles. The average molecular weight is 220 g/mol. The van der Waals surface area contributed by atoms with E-state index in [9.17, 15) is 0 Å². The zero-order valence-corrected chi connectivity index (χ0v) is 10.7. The zero-order chi connectivity index (χ0) is 12.1. The molecule has 0 radical (unpaired) electrons. The van der Waals surface area contributed by atoms with E-state index in [1.807, 2.05) is 16.8 Å². The van der Waals surface area contributed by atoms with Gasteiger partial charge in [0.2, 0.25) is 0 Å². The lowest BCUT2D eigenvalue weighted by Crippen LogP contribution is -2.03. The van der Waals surface area contributed by atoms with E-state index in [4.69, 9.17) is 0 Å². The van der Waals surface area contributed by atoms with Gasteiger partial charge in [0, 0.05) is 6.20 Å². The van der Waals surface area contributed by atoms with Gasteiger partial charge in [-0.1, -0.05) is 26.0 Å². The smallest absolute Gasteiger partial charge is 0.178 e. The first kappa shape index (κ1) is 12.6. The highest BCUT2D eigenvalue weighted by Crippen LogP contribution is 2.11. The first-order chi connectivity index (χ1) is 7.52. The van der Waals surface area contributed by atoms with Crippen LogP contribution in [0.1, 0.15) is 40.7 Å². The topological polar surface area (TPSA) is 43.6 Å². The summed E-state index contributed by atoms with van der Waals surface area (Å²) in [5.74, 6) is 0.833. The summed E-state index contributed by atoms with van der Waals surface area (Å²) in [5, 5.41) is 7.99. The normalized spacial score (nSPS) is 10.7. The quantitative estimate of drug-likeness (QED) is 0.741. The average Bonchev–Trinajstić information content (AvgIpc) is 2.59.